The Morgan fingerprint density at radius 1 is 1.03 bits per heavy atom. The Morgan fingerprint density at radius 2 is 1.80 bits per heavy atom. The van der Waals surface area contributed by atoms with E-state index >= 15 is 0 Å². The number of carbonyl (C=O) groups is 1. The molecule has 0 aromatic heterocycles. The van der Waals surface area contributed by atoms with Gasteiger partial charge in [-0.25, -0.2) is 9.18 Å². The van der Waals surface area contributed by atoms with Crippen molar-refractivity contribution >= 4 is 23.5 Å². The molecule has 0 aliphatic carbocycles. The summed E-state index contributed by atoms with van der Waals surface area (Å²) in [6, 6.07) is 23.5. The van der Waals surface area contributed by atoms with E-state index in [0.29, 0.717) is 10.8 Å². The van der Waals surface area contributed by atoms with Crippen LogP contribution in [0.2, 0.25) is 0 Å². The summed E-state index contributed by atoms with van der Waals surface area (Å²) in [6.07, 6.45) is 1.65. The van der Waals surface area contributed by atoms with Crippen LogP contribution in [0.4, 0.5) is 14.9 Å². The zero-order valence-electron chi connectivity index (χ0n) is 16.2. The molecule has 0 saturated heterocycles. The number of rotatable bonds is 5. The highest BCUT2D eigenvalue weighted by molar-refractivity contribution is 8.03. The Morgan fingerprint density at radius 3 is 2.60 bits per heavy atom. The number of thioether (sulfide) groups is 1. The monoisotopic (exact) mass is 421 g/mol. The zero-order chi connectivity index (χ0) is 20.9. The topological polar surface area (TPSA) is 53.6 Å². The van der Waals surface area contributed by atoms with Gasteiger partial charge in [-0.15, -0.1) is 0 Å². The molecule has 152 valence electrons. The van der Waals surface area contributed by atoms with Gasteiger partial charge in [0, 0.05) is 25.0 Å². The smallest absolute Gasteiger partial charge is 0.323 e. The van der Waals surface area contributed by atoms with Crippen LogP contribution in [0.3, 0.4) is 0 Å². The molecule has 1 atom stereocenters. The molecule has 0 fully saturated rings. The number of amides is 2. The fraction of sp³-hybridized carbons (Fsp3) is 0.0870. The van der Waals surface area contributed by atoms with Gasteiger partial charge in [-0.1, -0.05) is 48.5 Å². The van der Waals surface area contributed by atoms with Crippen molar-refractivity contribution in [2.75, 3.05) is 11.9 Å². The highest BCUT2D eigenvalue weighted by atomic mass is 32.2. The van der Waals surface area contributed by atoms with Crippen molar-refractivity contribution in [3.63, 3.8) is 0 Å². The summed E-state index contributed by atoms with van der Waals surface area (Å²) in [5.74, 6) is 0.0330. The Bertz CT molecular complexity index is 1070. The van der Waals surface area contributed by atoms with Gasteiger partial charge in [0.1, 0.15) is 11.6 Å². The number of hydrogen-bond donors (Lipinski definition) is 2. The number of halogens is 1. The van der Waals surface area contributed by atoms with Crippen LogP contribution in [0.5, 0.6) is 5.75 Å². The highest BCUT2D eigenvalue weighted by Crippen LogP contribution is 2.28. The van der Waals surface area contributed by atoms with Crippen molar-refractivity contribution in [3.8, 4) is 16.9 Å². The fourth-order valence-electron chi connectivity index (χ4n) is 2.95. The molecule has 2 amide bonds. The summed E-state index contributed by atoms with van der Waals surface area (Å²) in [6.45, 7) is 0. The normalized spacial score (nSPS) is 15.1. The van der Waals surface area contributed by atoms with E-state index in [4.69, 9.17) is 4.74 Å². The summed E-state index contributed by atoms with van der Waals surface area (Å²) in [7, 11) is 1.72. The lowest BCUT2D eigenvalue weighted by atomic mass is 10.1. The first kappa shape index (κ1) is 19.8. The van der Waals surface area contributed by atoms with E-state index in [1.54, 1.807) is 30.3 Å². The number of urea groups is 1. The quantitative estimate of drug-likeness (QED) is 0.599. The Balaban J connectivity index is 1.35. The second-order valence-electron chi connectivity index (χ2n) is 6.61. The highest BCUT2D eigenvalue weighted by Gasteiger charge is 2.23. The van der Waals surface area contributed by atoms with Gasteiger partial charge < -0.3 is 15.4 Å². The van der Waals surface area contributed by atoms with E-state index in [-0.39, 0.29) is 17.3 Å². The third kappa shape index (κ3) is 4.75. The number of nitrogens with one attached hydrogen (secondary N) is 2. The van der Waals surface area contributed by atoms with Gasteiger partial charge in [0.2, 0.25) is 0 Å². The van der Waals surface area contributed by atoms with Gasteiger partial charge in [0.15, 0.2) is 10.6 Å². The lowest BCUT2D eigenvalue weighted by Crippen LogP contribution is -2.45. The number of nitrogens with zero attached hydrogens (tertiary/aromatic N) is 1. The molecule has 0 bridgehead atoms. The molecule has 0 spiro atoms. The van der Waals surface area contributed by atoms with Crippen LogP contribution in [-0.2, 0) is 0 Å². The van der Waals surface area contributed by atoms with Crippen LogP contribution >= 0.6 is 11.8 Å². The molecular weight excluding hydrogens is 401 g/mol. The molecule has 4 rings (SSSR count). The van der Waals surface area contributed by atoms with Crippen LogP contribution < -0.4 is 20.3 Å². The molecule has 0 radical (unpaired) electrons. The predicted molar refractivity (Wildman–Crippen MR) is 118 cm³/mol. The molecule has 1 aliphatic rings. The lowest BCUT2D eigenvalue weighted by molar-refractivity contribution is 0.246. The minimum Gasteiger partial charge on any atom is -0.449 e. The molecule has 30 heavy (non-hydrogen) atoms. The minimum absolute atomic E-state index is 0.259. The molecule has 1 unspecified atom stereocenters. The van der Waals surface area contributed by atoms with E-state index in [9.17, 15) is 9.18 Å². The summed E-state index contributed by atoms with van der Waals surface area (Å²) < 4.78 is 18.9. The van der Waals surface area contributed by atoms with Gasteiger partial charge in [0.05, 0.1) is 0 Å². The average molecular weight is 421 g/mol. The first-order valence-corrected chi connectivity index (χ1v) is 10.2. The maximum Gasteiger partial charge on any atom is 0.323 e. The van der Waals surface area contributed by atoms with Crippen molar-refractivity contribution in [2.45, 2.75) is 5.50 Å². The van der Waals surface area contributed by atoms with Gasteiger partial charge in [-0.2, -0.15) is 0 Å². The van der Waals surface area contributed by atoms with Gasteiger partial charge >= 0.3 is 6.03 Å². The number of anilines is 1. The summed E-state index contributed by atoms with van der Waals surface area (Å²) in [5, 5.41) is 6.48. The largest absolute Gasteiger partial charge is 0.449 e. The van der Waals surface area contributed by atoms with E-state index in [1.807, 2.05) is 54.6 Å². The van der Waals surface area contributed by atoms with Crippen LogP contribution in [-0.4, -0.2) is 18.6 Å². The Kier molecular flexibility index (Phi) is 5.90. The van der Waals surface area contributed by atoms with Gasteiger partial charge in [-0.05, 0) is 47.2 Å². The molecule has 2 N–H and O–H groups in total. The first-order valence-electron chi connectivity index (χ1n) is 9.34. The number of benzene rings is 3. The third-order valence-electron chi connectivity index (χ3n) is 4.50. The summed E-state index contributed by atoms with van der Waals surface area (Å²) in [5.41, 5.74) is 2.51. The van der Waals surface area contributed by atoms with Crippen LogP contribution in [0.15, 0.2) is 90.2 Å². The van der Waals surface area contributed by atoms with Crippen LogP contribution in [0, 0.1) is 5.82 Å². The Labute approximate surface area is 178 Å². The van der Waals surface area contributed by atoms with Gasteiger partial charge in [0.25, 0.3) is 0 Å². The molecule has 7 heteroatoms. The second-order valence-corrected chi connectivity index (χ2v) is 7.72. The van der Waals surface area contributed by atoms with Crippen molar-refractivity contribution in [3.05, 3.63) is 96.0 Å². The maximum atomic E-state index is 13.3. The fourth-order valence-corrected chi connectivity index (χ4v) is 3.76. The molecular formula is C23H20FN3O2S. The van der Waals surface area contributed by atoms with E-state index in [2.05, 4.69) is 10.6 Å². The lowest BCUT2D eigenvalue weighted by Gasteiger charge is -2.21. The van der Waals surface area contributed by atoms with E-state index in [0.717, 1.165) is 16.8 Å². The standard InChI is InChI=1S/C23H20FN3O2S/c1-27(19-11-5-9-17(13-19)16-7-3-2-4-8-16)23(28)26-22-25-15-21(30-22)29-20-12-6-10-18(24)14-20/h2-15,22,25H,1H3,(H,26,28). The first-order chi connectivity index (χ1) is 14.6. The second kappa shape index (κ2) is 8.92. The molecule has 5 nitrogen and oxygen atoms in total. The maximum absolute atomic E-state index is 13.3. The summed E-state index contributed by atoms with van der Waals surface area (Å²) in [4.78, 5) is 14.3. The van der Waals surface area contributed by atoms with E-state index < -0.39 is 0 Å². The van der Waals surface area contributed by atoms with Crippen LogP contribution in [0.1, 0.15) is 0 Å². The molecule has 0 saturated carbocycles. The molecule has 3 aromatic rings. The summed E-state index contributed by atoms with van der Waals surface area (Å²) >= 11 is 1.30. The number of ether oxygens (including phenoxy) is 1. The third-order valence-corrected chi connectivity index (χ3v) is 5.42. The molecule has 1 heterocycles. The zero-order valence-corrected chi connectivity index (χ0v) is 17.0. The Hall–Kier alpha value is -3.45. The average Bonchev–Trinajstić information content (AvgIpc) is 3.20. The van der Waals surface area contributed by atoms with Crippen molar-refractivity contribution in [2.24, 2.45) is 0 Å². The predicted octanol–water partition coefficient (Wildman–Crippen LogP) is 5.14. The molecule has 3 aromatic carbocycles. The van der Waals surface area contributed by atoms with Crippen molar-refractivity contribution < 1.29 is 13.9 Å². The van der Waals surface area contributed by atoms with Crippen molar-refractivity contribution in [1.29, 1.82) is 0 Å². The van der Waals surface area contributed by atoms with Crippen LogP contribution in [0.25, 0.3) is 11.1 Å². The molecule has 1 aliphatic heterocycles. The van der Waals surface area contributed by atoms with E-state index in [1.165, 1.54) is 23.9 Å². The number of hydrogen-bond acceptors (Lipinski definition) is 4. The van der Waals surface area contributed by atoms with Crippen molar-refractivity contribution in [1.82, 2.24) is 10.6 Å². The van der Waals surface area contributed by atoms with Gasteiger partial charge in [-0.3, -0.25) is 4.90 Å². The SMILES string of the molecule is CN(C(=O)NC1NC=C(Oc2cccc(F)c2)S1)c1cccc(-c2ccccc2)c1. The minimum atomic E-state index is -0.388. The number of carbonyl (C=O) groups excluding carboxylic acids is 1.